The average Bonchev–Trinajstić information content (AvgIpc) is 2.67. The molecule has 138 valence electrons. The summed E-state index contributed by atoms with van der Waals surface area (Å²) in [5.41, 5.74) is 0.300. The third kappa shape index (κ3) is 3.89. The highest BCUT2D eigenvalue weighted by atomic mass is 19.4. The molecule has 1 fully saturated rings. The van der Waals surface area contributed by atoms with Gasteiger partial charge in [0.25, 0.3) is 5.91 Å². The van der Waals surface area contributed by atoms with Crippen LogP contribution in [-0.2, 0) is 6.18 Å². The van der Waals surface area contributed by atoms with E-state index in [2.05, 4.69) is 4.98 Å². The quantitative estimate of drug-likeness (QED) is 0.839. The Labute approximate surface area is 149 Å². The average molecular weight is 365 g/mol. The first-order valence-corrected chi connectivity index (χ1v) is 8.10. The molecular formula is C18H18F3N3O2. The van der Waals surface area contributed by atoms with Crippen LogP contribution in [0.4, 0.5) is 18.9 Å². The lowest BCUT2D eigenvalue weighted by atomic mass is 10.1. The number of hydrogen-bond acceptors (Lipinski definition) is 4. The molecule has 1 saturated heterocycles. The monoisotopic (exact) mass is 365 g/mol. The number of alkyl halides is 3. The Morgan fingerprint density at radius 3 is 2.42 bits per heavy atom. The van der Waals surface area contributed by atoms with Crippen molar-refractivity contribution in [3.63, 3.8) is 0 Å². The van der Waals surface area contributed by atoms with Crippen LogP contribution in [0.5, 0.6) is 5.88 Å². The molecule has 5 nitrogen and oxygen atoms in total. The molecule has 0 saturated carbocycles. The maximum absolute atomic E-state index is 12.9. The van der Waals surface area contributed by atoms with Crippen LogP contribution in [0.1, 0.15) is 15.9 Å². The zero-order chi connectivity index (χ0) is 18.7. The number of carbonyl (C=O) groups is 1. The van der Waals surface area contributed by atoms with Crippen LogP contribution >= 0.6 is 0 Å². The molecule has 8 heteroatoms. The molecule has 0 spiro atoms. The number of carbonyl (C=O) groups excluding carboxylic acids is 1. The first-order valence-electron chi connectivity index (χ1n) is 8.10. The van der Waals surface area contributed by atoms with E-state index in [4.69, 9.17) is 4.74 Å². The Morgan fingerprint density at radius 1 is 1.12 bits per heavy atom. The smallest absolute Gasteiger partial charge is 0.416 e. The molecule has 0 aliphatic carbocycles. The van der Waals surface area contributed by atoms with E-state index in [1.54, 1.807) is 23.1 Å². The Kier molecular flexibility index (Phi) is 5.01. The van der Waals surface area contributed by atoms with E-state index in [-0.39, 0.29) is 5.91 Å². The predicted octanol–water partition coefficient (Wildman–Crippen LogP) is 3.07. The summed E-state index contributed by atoms with van der Waals surface area (Å²) in [6, 6.07) is 8.52. The number of piperazine rings is 1. The van der Waals surface area contributed by atoms with Crippen molar-refractivity contribution in [2.24, 2.45) is 0 Å². The lowest BCUT2D eigenvalue weighted by molar-refractivity contribution is -0.137. The van der Waals surface area contributed by atoms with Crippen LogP contribution < -0.4 is 9.64 Å². The van der Waals surface area contributed by atoms with Gasteiger partial charge in [0.15, 0.2) is 0 Å². The molecule has 1 aromatic heterocycles. The third-order valence-electron chi connectivity index (χ3n) is 4.30. The zero-order valence-electron chi connectivity index (χ0n) is 14.2. The number of nitrogens with zero attached hydrogens (tertiary/aromatic N) is 3. The minimum Gasteiger partial charge on any atom is -0.481 e. The van der Waals surface area contributed by atoms with Crippen molar-refractivity contribution < 1.29 is 22.7 Å². The van der Waals surface area contributed by atoms with Gasteiger partial charge in [0.2, 0.25) is 5.88 Å². The fraction of sp³-hybridized carbons (Fsp3) is 0.333. The number of benzene rings is 1. The molecule has 1 aliphatic heterocycles. The number of hydrogen-bond donors (Lipinski definition) is 0. The minimum atomic E-state index is -4.37. The Balaban J connectivity index is 1.64. The first-order chi connectivity index (χ1) is 12.4. The molecule has 0 atom stereocenters. The number of aromatic nitrogens is 1. The van der Waals surface area contributed by atoms with E-state index >= 15 is 0 Å². The molecular weight excluding hydrogens is 347 g/mol. The molecule has 0 N–H and O–H groups in total. The van der Waals surface area contributed by atoms with Gasteiger partial charge in [-0.3, -0.25) is 4.79 Å². The number of halogens is 3. The van der Waals surface area contributed by atoms with Gasteiger partial charge >= 0.3 is 6.18 Å². The summed E-state index contributed by atoms with van der Waals surface area (Å²) < 4.78 is 43.5. The molecule has 26 heavy (non-hydrogen) atoms. The normalized spacial score (nSPS) is 15.1. The second kappa shape index (κ2) is 7.23. The van der Waals surface area contributed by atoms with Gasteiger partial charge in [-0.1, -0.05) is 6.07 Å². The predicted molar refractivity (Wildman–Crippen MR) is 90.3 cm³/mol. The lowest BCUT2D eigenvalue weighted by Gasteiger charge is -2.36. The van der Waals surface area contributed by atoms with E-state index in [9.17, 15) is 18.0 Å². The van der Waals surface area contributed by atoms with Gasteiger partial charge in [0.1, 0.15) is 0 Å². The molecule has 1 amide bonds. The minimum absolute atomic E-state index is 0.149. The number of methoxy groups -OCH3 is 1. The Morgan fingerprint density at radius 2 is 1.85 bits per heavy atom. The van der Waals surface area contributed by atoms with Crippen molar-refractivity contribution in [3.8, 4) is 5.88 Å². The van der Waals surface area contributed by atoms with Crippen molar-refractivity contribution in [1.82, 2.24) is 9.88 Å². The van der Waals surface area contributed by atoms with Crippen LogP contribution in [0, 0.1) is 0 Å². The molecule has 3 rings (SSSR count). The fourth-order valence-corrected chi connectivity index (χ4v) is 2.86. The van der Waals surface area contributed by atoms with Gasteiger partial charge in [0, 0.05) is 44.1 Å². The van der Waals surface area contributed by atoms with Crippen LogP contribution in [0.3, 0.4) is 0 Å². The van der Waals surface area contributed by atoms with E-state index in [1.165, 1.54) is 19.4 Å². The van der Waals surface area contributed by atoms with Gasteiger partial charge in [-0.15, -0.1) is 0 Å². The number of ether oxygens (including phenoxy) is 1. The number of pyridine rings is 1. The summed E-state index contributed by atoms with van der Waals surface area (Å²) in [5, 5.41) is 0. The standard InChI is InChI=1S/C18H18F3N3O2/c1-26-16-6-5-13(12-22-16)17(25)24-9-7-23(8-10-24)15-4-2-3-14(11-15)18(19,20)21/h2-6,11-12H,7-10H2,1H3. The van der Waals surface area contributed by atoms with Crippen LogP contribution in [0.25, 0.3) is 0 Å². The summed E-state index contributed by atoms with van der Waals surface area (Å²) in [5.74, 6) is 0.278. The summed E-state index contributed by atoms with van der Waals surface area (Å²) in [4.78, 5) is 20.1. The highest BCUT2D eigenvalue weighted by molar-refractivity contribution is 5.94. The Bertz CT molecular complexity index is 770. The van der Waals surface area contributed by atoms with Crippen molar-refractivity contribution in [1.29, 1.82) is 0 Å². The summed E-state index contributed by atoms with van der Waals surface area (Å²) in [6.07, 6.45) is -2.91. The second-order valence-corrected chi connectivity index (χ2v) is 5.92. The van der Waals surface area contributed by atoms with E-state index < -0.39 is 11.7 Å². The Hall–Kier alpha value is -2.77. The van der Waals surface area contributed by atoms with Crippen LogP contribution in [-0.4, -0.2) is 49.1 Å². The van der Waals surface area contributed by atoms with Gasteiger partial charge in [0.05, 0.1) is 18.2 Å². The van der Waals surface area contributed by atoms with E-state index in [0.717, 1.165) is 12.1 Å². The van der Waals surface area contributed by atoms with Crippen molar-refractivity contribution >= 4 is 11.6 Å². The van der Waals surface area contributed by atoms with Gasteiger partial charge < -0.3 is 14.5 Å². The third-order valence-corrected chi connectivity index (χ3v) is 4.30. The highest BCUT2D eigenvalue weighted by Crippen LogP contribution is 2.31. The zero-order valence-corrected chi connectivity index (χ0v) is 14.2. The van der Waals surface area contributed by atoms with Crippen molar-refractivity contribution in [2.45, 2.75) is 6.18 Å². The summed E-state index contributed by atoms with van der Waals surface area (Å²) in [6.45, 7) is 1.80. The van der Waals surface area contributed by atoms with Crippen LogP contribution in [0.15, 0.2) is 42.6 Å². The molecule has 1 aliphatic rings. The fourth-order valence-electron chi connectivity index (χ4n) is 2.86. The summed E-state index contributed by atoms with van der Waals surface area (Å²) >= 11 is 0. The molecule has 2 heterocycles. The van der Waals surface area contributed by atoms with Gasteiger partial charge in [-0.05, 0) is 24.3 Å². The SMILES string of the molecule is COc1ccc(C(=O)N2CCN(c3cccc(C(F)(F)F)c3)CC2)cn1. The van der Waals surface area contributed by atoms with Gasteiger partial charge in [-0.2, -0.15) is 13.2 Å². The van der Waals surface area contributed by atoms with E-state index in [1.807, 2.05) is 4.90 Å². The highest BCUT2D eigenvalue weighted by Gasteiger charge is 2.31. The molecule has 0 unspecified atom stereocenters. The topological polar surface area (TPSA) is 45.7 Å². The largest absolute Gasteiger partial charge is 0.481 e. The number of rotatable bonds is 3. The van der Waals surface area contributed by atoms with E-state index in [0.29, 0.717) is 43.3 Å². The number of amides is 1. The van der Waals surface area contributed by atoms with Crippen molar-refractivity contribution in [2.75, 3.05) is 38.2 Å². The lowest BCUT2D eigenvalue weighted by Crippen LogP contribution is -2.48. The summed E-state index contributed by atoms with van der Waals surface area (Å²) in [7, 11) is 1.50. The molecule has 0 radical (unpaired) electrons. The van der Waals surface area contributed by atoms with Gasteiger partial charge in [-0.25, -0.2) is 4.98 Å². The first kappa shape index (κ1) is 18.0. The second-order valence-electron chi connectivity index (χ2n) is 5.92. The van der Waals surface area contributed by atoms with Crippen LogP contribution in [0.2, 0.25) is 0 Å². The maximum Gasteiger partial charge on any atom is 0.416 e. The maximum atomic E-state index is 12.9. The number of anilines is 1. The molecule has 1 aromatic carbocycles. The molecule has 0 bridgehead atoms. The molecule has 2 aromatic rings. The van der Waals surface area contributed by atoms with Crippen molar-refractivity contribution in [3.05, 3.63) is 53.7 Å².